The van der Waals surface area contributed by atoms with Gasteiger partial charge in [0.1, 0.15) is 0 Å². The van der Waals surface area contributed by atoms with Crippen LogP contribution in [0.15, 0.2) is 150 Å². The molecule has 4 aromatic heterocycles. The molecule has 0 N–H and O–H groups in total. The largest absolute Gasteiger partial charge is 0.670 e. The molecule has 0 fully saturated rings. The molecule has 4 heterocycles. The summed E-state index contributed by atoms with van der Waals surface area (Å²) in [4.78, 5) is 15.8. The first-order valence-electron chi connectivity index (χ1n) is 13.0. The maximum absolute atomic E-state index is 6.13. The van der Waals surface area contributed by atoms with Crippen molar-refractivity contribution in [2.24, 2.45) is 3.50 Å². The van der Waals surface area contributed by atoms with Gasteiger partial charge in [-0.2, -0.15) is 24.8 Å². The van der Waals surface area contributed by atoms with E-state index in [1.54, 1.807) is 37.2 Å². The van der Waals surface area contributed by atoms with Gasteiger partial charge in [0.15, 0.2) is 0 Å². The summed E-state index contributed by atoms with van der Waals surface area (Å²) in [7, 11) is 0. The number of benzene rings is 2. The third-order valence-corrected chi connectivity index (χ3v) is 8.48. The van der Waals surface area contributed by atoms with Crippen molar-refractivity contribution in [2.75, 3.05) is 0 Å². The summed E-state index contributed by atoms with van der Waals surface area (Å²) >= 11 is 11.6. The first kappa shape index (κ1) is 32.7. The predicted octanol–water partition coefficient (Wildman–Crippen LogP) is 9.10. The zero-order valence-electron chi connectivity index (χ0n) is 23.3. The number of aromatic nitrogens is 4. The Morgan fingerprint density at radius 2 is 1.10 bits per heavy atom. The summed E-state index contributed by atoms with van der Waals surface area (Å²) in [5.74, 6) is 0. The number of hydrogen-bond acceptors (Lipinski definition) is 3. The summed E-state index contributed by atoms with van der Waals surface area (Å²) in [5, 5.41) is 1.24. The van der Waals surface area contributed by atoms with Crippen molar-refractivity contribution in [2.45, 2.75) is 19.3 Å². The second kappa shape index (κ2) is 18.6. The molecule has 0 aliphatic carbocycles. The first-order chi connectivity index (χ1) is 20.5. The fourth-order valence-electron chi connectivity index (χ4n) is 3.25. The minimum atomic E-state index is -0.662. The number of nitrogens with zero attached hydrogens (tertiary/aromatic N) is 5. The summed E-state index contributed by atoms with van der Waals surface area (Å²) in [5.41, 5.74) is 3.86. The number of halogens is 2. The standard InChI is InChI=1S/C10H8N2.C10H12.C6H3Cl2N.2C4H4N.Mo/c1-3-7-11-9(5-1)10-6-2-4-8-12-10;1-10(2,3)9-7-5-4-6-8-9;7-4-2-1-3-5(8)6(4)9;2*1-2-4-5-3-1;/h1-8H;1,4-8H,2-3H3;1-3H;2*1-4H;/q;;;2*-1;+2. The minimum Gasteiger partial charge on any atom is -0.670 e. The monoisotopic (exact) mass is 677 g/mol. The molecule has 6 rings (SSSR count). The van der Waals surface area contributed by atoms with Gasteiger partial charge in [0.05, 0.1) is 11.4 Å². The van der Waals surface area contributed by atoms with Crippen LogP contribution in [0.1, 0.15) is 19.4 Å². The molecule has 0 unspecified atom stereocenters. The predicted molar refractivity (Wildman–Crippen MR) is 171 cm³/mol. The van der Waals surface area contributed by atoms with Crippen LogP contribution < -0.4 is 9.97 Å². The van der Waals surface area contributed by atoms with E-state index in [1.807, 2.05) is 84.9 Å². The molecule has 0 aliphatic heterocycles. The molecule has 6 aromatic rings. The molecule has 42 heavy (non-hydrogen) atoms. The molecule has 0 aliphatic rings. The van der Waals surface area contributed by atoms with Crippen molar-refractivity contribution < 1.29 is 17.9 Å². The minimum absolute atomic E-state index is 0.0146. The number of rotatable bonds is 4. The molecule has 0 radical (unpaired) electrons. The molecule has 0 saturated carbocycles. The fourth-order valence-corrected chi connectivity index (χ4v) is 5.85. The summed E-state index contributed by atoms with van der Waals surface area (Å²) in [6, 6.07) is 35.1. The van der Waals surface area contributed by atoms with Crippen LogP contribution in [0.25, 0.3) is 11.4 Å². The van der Waals surface area contributed by atoms with E-state index in [2.05, 4.69) is 65.9 Å². The third-order valence-electron chi connectivity index (χ3n) is 5.45. The molecule has 0 atom stereocenters. The fraction of sp³-hybridized carbons (Fsp3) is 0.0882. The Balaban J connectivity index is 0.000000182. The van der Waals surface area contributed by atoms with Crippen LogP contribution >= 0.6 is 23.2 Å². The van der Waals surface area contributed by atoms with Crippen molar-refractivity contribution in [3.63, 3.8) is 0 Å². The Kier molecular flexibility index (Phi) is 14.5. The van der Waals surface area contributed by atoms with E-state index in [-0.39, 0.29) is 5.41 Å². The van der Waals surface area contributed by atoms with E-state index in [4.69, 9.17) is 23.2 Å². The average Bonchev–Trinajstić information content (AvgIpc) is 3.81. The molecule has 0 spiro atoms. The van der Waals surface area contributed by atoms with E-state index in [0.29, 0.717) is 10.0 Å². The Morgan fingerprint density at radius 1 is 0.619 bits per heavy atom. The Hall–Kier alpha value is -3.76. The van der Waals surface area contributed by atoms with Crippen LogP contribution in [0, 0.1) is 0 Å². The molecular weight excluding hydrogens is 645 g/mol. The van der Waals surface area contributed by atoms with Crippen LogP contribution in [0.2, 0.25) is 10.0 Å². The van der Waals surface area contributed by atoms with Crippen LogP contribution in [0.3, 0.4) is 0 Å². The molecule has 0 saturated heterocycles. The van der Waals surface area contributed by atoms with Crippen molar-refractivity contribution in [1.82, 2.24) is 19.9 Å². The second-order valence-electron chi connectivity index (χ2n) is 9.07. The smallest absolute Gasteiger partial charge is 0.0886 e. The van der Waals surface area contributed by atoms with Crippen LogP contribution in [-0.2, 0) is 23.3 Å². The van der Waals surface area contributed by atoms with E-state index >= 15 is 0 Å². The molecule has 0 bridgehead atoms. The van der Waals surface area contributed by atoms with Gasteiger partial charge in [-0.3, -0.25) is 9.97 Å². The SMILES string of the molecule is CC(C)([CH]=[Mo+2]=[N]c1c(Cl)cccc1Cl)c1ccccc1.c1cc[n-]c1.c1cc[n-]c1.c1ccc(-c2ccccn2)nc1. The van der Waals surface area contributed by atoms with Crippen molar-refractivity contribution in [3.05, 3.63) is 162 Å². The summed E-state index contributed by atoms with van der Waals surface area (Å²) in [6.45, 7) is 4.41. The third kappa shape index (κ3) is 12.0. The van der Waals surface area contributed by atoms with Gasteiger partial charge in [-0.05, 0) is 24.3 Å². The molecule has 5 nitrogen and oxygen atoms in total. The topological polar surface area (TPSA) is 66.3 Å². The zero-order valence-corrected chi connectivity index (χ0v) is 26.9. The molecule has 0 amide bonds. The number of hydrogen-bond donors (Lipinski definition) is 0. The maximum Gasteiger partial charge on any atom is 0.0886 e. The zero-order chi connectivity index (χ0) is 29.9. The van der Waals surface area contributed by atoms with Gasteiger partial charge in [0.2, 0.25) is 0 Å². The van der Waals surface area contributed by atoms with E-state index in [1.165, 1.54) is 5.56 Å². The molecule has 2 aromatic carbocycles. The van der Waals surface area contributed by atoms with E-state index in [9.17, 15) is 0 Å². The summed E-state index contributed by atoms with van der Waals surface area (Å²) < 4.78 is 6.93. The van der Waals surface area contributed by atoms with Crippen LogP contribution in [0.5, 0.6) is 0 Å². The first-order valence-corrected chi connectivity index (χ1v) is 15.8. The van der Waals surface area contributed by atoms with Crippen LogP contribution in [0.4, 0.5) is 5.69 Å². The Bertz CT molecular complexity index is 1470. The molecular formula is C34H31Cl2MoN5. The average molecular weight is 677 g/mol. The normalized spacial score (nSPS) is 9.81. The van der Waals surface area contributed by atoms with Gasteiger partial charge in [-0.1, -0.05) is 36.4 Å². The maximum atomic E-state index is 6.13. The molecule has 8 heteroatoms. The van der Waals surface area contributed by atoms with Gasteiger partial charge in [0.25, 0.3) is 0 Å². The van der Waals surface area contributed by atoms with Crippen molar-refractivity contribution in [1.29, 1.82) is 0 Å². The van der Waals surface area contributed by atoms with Crippen LogP contribution in [-0.4, -0.2) is 14.4 Å². The van der Waals surface area contributed by atoms with Gasteiger partial charge < -0.3 is 9.97 Å². The van der Waals surface area contributed by atoms with Gasteiger partial charge in [-0.15, -0.1) is 0 Å². The second-order valence-corrected chi connectivity index (χ2v) is 11.4. The van der Waals surface area contributed by atoms with Gasteiger partial charge >= 0.3 is 138 Å². The van der Waals surface area contributed by atoms with Crippen molar-refractivity contribution in [3.8, 4) is 11.4 Å². The number of pyridine rings is 2. The van der Waals surface area contributed by atoms with E-state index in [0.717, 1.165) is 17.1 Å². The quantitative estimate of drug-likeness (QED) is 0.175. The van der Waals surface area contributed by atoms with Crippen molar-refractivity contribution >= 4 is 33.3 Å². The Labute approximate surface area is 265 Å². The van der Waals surface area contributed by atoms with Gasteiger partial charge in [-0.25, -0.2) is 0 Å². The Morgan fingerprint density at radius 3 is 1.50 bits per heavy atom. The summed E-state index contributed by atoms with van der Waals surface area (Å²) in [6.07, 6.45) is 10.5. The molecule has 212 valence electrons. The van der Waals surface area contributed by atoms with E-state index < -0.39 is 17.9 Å². The van der Waals surface area contributed by atoms with Gasteiger partial charge in [0, 0.05) is 12.4 Å².